The van der Waals surface area contributed by atoms with E-state index in [9.17, 15) is 39.7 Å². The lowest BCUT2D eigenvalue weighted by Gasteiger charge is -2.32. The molecular weight excluding hydrogens is 1160 g/mol. The van der Waals surface area contributed by atoms with Crippen molar-refractivity contribution in [3.63, 3.8) is 0 Å². The van der Waals surface area contributed by atoms with Gasteiger partial charge in [0.2, 0.25) is 47.1 Å². The summed E-state index contributed by atoms with van der Waals surface area (Å²) in [7, 11) is 7.80. The Bertz CT molecular complexity index is 3620. The second kappa shape index (κ2) is 27.0. The number of likely N-dealkylation sites (N-methyl/N-ethyl adjacent to an activating group) is 1. The highest BCUT2D eigenvalue weighted by Gasteiger charge is 2.42. The zero-order valence-corrected chi connectivity index (χ0v) is 48.8. The molecule has 0 saturated carbocycles. The van der Waals surface area contributed by atoms with Crippen LogP contribution < -0.4 is 71.4 Å². The fourth-order valence-electron chi connectivity index (χ4n) is 10.2. The molecule has 28 nitrogen and oxygen atoms in total. The fraction of sp³-hybridized carbons (Fsp3) is 0.345. The van der Waals surface area contributed by atoms with Crippen molar-refractivity contribution in [1.29, 1.82) is 0 Å². The molecule has 11 bridgehead atoms. The van der Waals surface area contributed by atoms with Crippen LogP contribution in [-0.4, -0.2) is 124 Å². The topological polar surface area (TPSA) is 401 Å². The van der Waals surface area contributed by atoms with Gasteiger partial charge in [-0.3, -0.25) is 33.6 Å². The Kier molecular flexibility index (Phi) is 19.6. The van der Waals surface area contributed by atoms with Gasteiger partial charge in [0.25, 0.3) is 0 Å². The summed E-state index contributed by atoms with van der Waals surface area (Å²) in [5.74, 6) is -10.00. The van der Waals surface area contributed by atoms with E-state index in [0.29, 0.717) is 0 Å². The number of hydrogen-bond acceptors (Lipinski definition) is 19. The zero-order valence-electron chi connectivity index (χ0n) is 48.0. The second-order valence-electron chi connectivity index (χ2n) is 20.5. The van der Waals surface area contributed by atoms with Crippen LogP contribution in [0.2, 0.25) is 5.02 Å². The third-order valence-corrected chi connectivity index (χ3v) is 14.8. The molecule has 0 saturated heterocycles. The van der Waals surface area contributed by atoms with Crippen LogP contribution in [0.25, 0.3) is 21.6 Å². The molecule has 10 rings (SSSR count). The van der Waals surface area contributed by atoms with Gasteiger partial charge < -0.3 is 86.3 Å². The number of esters is 1. The molecule has 0 fully saturated rings. The molecule has 0 radical (unpaired) electrons. The molecule has 0 aromatic heterocycles. The average Bonchev–Trinajstić information content (AvgIpc) is 0.887. The largest absolute Gasteiger partial charge is 0.497 e. The summed E-state index contributed by atoms with van der Waals surface area (Å²) in [5.41, 5.74) is 15.0. The van der Waals surface area contributed by atoms with Gasteiger partial charge in [0.15, 0.2) is 17.5 Å². The van der Waals surface area contributed by atoms with Gasteiger partial charge in [-0.05, 0) is 102 Å². The number of fused-ring (bicyclic) bond motifs is 15. The molecule has 5 aromatic rings. The van der Waals surface area contributed by atoms with Gasteiger partial charge in [-0.15, -0.1) is 0 Å². The standard InChI is InChI=1S/C58H62ClN11O17/c1-24(2)15-34(62-3)52(74)67-47-50(73)27-11-14-38(33(18-27)69-70-61)87-41-20-28-19-40(51(41)84-7)86-37-13-10-26(17-32(37)59)49(72)48-57(79)66-46(58(80)85-8)31-21-29(81-4)22-39(83-6)43(31)30-16-25(9-12-36(30)82-5)44(54(76)68-48)65-55(77)45(28)64-53(75)35(23-42(60)71)63-56(47)78/h9-14,16-22,24,34-35,44-50,62,72-73H,15,23H2,1-8H3,(H2,60,71)(H,63,78)(H,64,75)(H,65,77)(H,66,79)(H,67,74)(H,68,76)/t34-,35+,44-,45-,46+,47-,48+,49-,50-/m1/s1. The number of carbonyl (C=O) groups excluding carboxylic acids is 8. The molecule has 458 valence electrons. The first-order chi connectivity index (χ1) is 41.6. The van der Waals surface area contributed by atoms with E-state index in [1.807, 2.05) is 13.8 Å². The molecule has 87 heavy (non-hydrogen) atoms. The Morgan fingerprint density at radius 2 is 1.33 bits per heavy atom. The molecule has 5 aliphatic heterocycles. The number of primary amides is 1. The van der Waals surface area contributed by atoms with Crippen molar-refractivity contribution in [2.24, 2.45) is 16.8 Å². The number of nitrogens with zero attached hydrogens (tertiary/aromatic N) is 3. The van der Waals surface area contributed by atoms with Crippen LogP contribution in [0, 0.1) is 5.92 Å². The van der Waals surface area contributed by atoms with Gasteiger partial charge in [-0.25, -0.2) is 4.79 Å². The van der Waals surface area contributed by atoms with E-state index in [2.05, 4.69) is 47.2 Å². The Morgan fingerprint density at radius 3 is 1.94 bits per heavy atom. The third-order valence-electron chi connectivity index (χ3n) is 14.5. The molecular formula is C58H62ClN11O17. The van der Waals surface area contributed by atoms with Crippen LogP contribution in [0.3, 0.4) is 0 Å². The Morgan fingerprint density at radius 1 is 0.701 bits per heavy atom. The number of methoxy groups -OCH3 is 5. The van der Waals surface area contributed by atoms with Crippen LogP contribution in [0.4, 0.5) is 5.69 Å². The van der Waals surface area contributed by atoms with Crippen molar-refractivity contribution in [3.05, 3.63) is 122 Å². The van der Waals surface area contributed by atoms with E-state index in [-0.39, 0.29) is 108 Å². The van der Waals surface area contributed by atoms with E-state index in [0.717, 1.165) is 13.2 Å². The second-order valence-corrected chi connectivity index (χ2v) is 20.9. The number of amides is 7. The summed E-state index contributed by atoms with van der Waals surface area (Å²) in [5, 5.41) is 46.1. The average molecular weight is 1220 g/mol. The highest BCUT2D eigenvalue weighted by molar-refractivity contribution is 6.32. The van der Waals surface area contributed by atoms with Gasteiger partial charge in [0.05, 0.1) is 58.7 Å². The van der Waals surface area contributed by atoms with Crippen LogP contribution in [0.1, 0.15) is 84.8 Å². The number of ether oxygens (including phenoxy) is 7. The van der Waals surface area contributed by atoms with E-state index in [4.69, 9.17) is 50.5 Å². The lowest BCUT2D eigenvalue weighted by molar-refractivity contribution is -0.146. The first-order valence-electron chi connectivity index (χ1n) is 26.8. The predicted octanol–water partition coefficient (Wildman–Crippen LogP) is 3.98. The normalized spacial score (nSPS) is 21.3. The summed E-state index contributed by atoms with van der Waals surface area (Å²) in [6.07, 6.45) is -4.68. The molecule has 29 heteroatoms. The van der Waals surface area contributed by atoms with Crippen molar-refractivity contribution in [2.45, 2.75) is 81.2 Å². The smallest absolute Gasteiger partial charge is 0.333 e. The maximum absolute atomic E-state index is 15.8. The van der Waals surface area contributed by atoms with Gasteiger partial charge >= 0.3 is 5.97 Å². The monoisotopic (exact) mass is 1220 g/mol. The van der Waals surface area contributed by atoms with E-state index < -0.39 is 108 Å². The van der Waals surface area contributed by atoms with Crippen LogP contribution in [0.15, 0.2) is 84.0 Å². The molecule has 0 aliphatic carbocycles. The summed E-state index contributed by atoms with van der Waals surface area (Å²) in [6, 6.07) is 4.40. The molecule has 5 aromatic carbocycles. The molecule has 9 atom stereocenters. The first-order valence-corrected chi connectivity index (χ1v) is 27.2. The Hall–Kier alpha value is -9.86. The van der Waals surface area contributed by atoms with Gasteiger partial charge in [-0.1, -0.05) is 48.8 Å². The minimum absolute atomic E-state index is 0.00737. The number of azide groups is 1. The lowest BCUT2D eigenvalue weighted by atomic mass is 9.89. The summed E-state index contributed by atoms with van der Waals surface area (Å²) in [4.78, 5) is 120. The minimum Gasteiger partial charge on any atom is -0.497 e. The summed E-state index contributed by atoms with van der Waals surface area (Å²) in [6.45, 7) is 3.70. The number of aliphatic hydroxyl groups is 2. The van der Waals surface area contributed by atoms with Crippen molar-refractivity contribution in [1.82, 2.24) is 37.2 Å². The quantitative estimate of drug-likeness (QED) is 0.0345. The zero-order chi connectivity index (χ0) is 63.1. The van der Waals surface area contributed by atoms with Crippen LogP contribution in [-0.2, 0) is 43.1 Å². The number of aliphatic hydroxyl groups excluding tert-OH is 2. The van der Waals surface area contributed by atoms with E-state index >= 15 is 14.4 Å². The summed E-state index contributed by atoms with van der Waals surface area (Å²) < 4.78 is 41.2. The lowest BCUT2D eigenvalue weighted by Crippen LogP contribution is -2.59. The number of halogens is 1. The van der Waals surface area contributed by atoms with E-state index in [1.54, 1.807) is 0 Å². The molecule has 0 spiro atoms. The fourth-order valence-corrected chi connectivity index (χ4v) is 10.4. The Labute approximate surface area is 501 Å². The Balaban J connectivity index is 1.41. The number of carbonyl (C=O) groups is 8. The number of benzene rings is 5. The molecule has 7 amide bonds. The number of rotatable bonds is 13. The highest BCUT2D eigenvalue weighted by atomic mass is 35.5. The third kappa shape index (κ3) is 13.5. The first kappa shape index (κ1) is 63.2. The summed E-state index contributed by atoms with van der Waals surface area (Å²) >= 11 is 6.93. The van der Waals surface area contributed by atoms with Gasteiger partial charge in [0, 0.05) is 27.7 Å². The van der Waals surface area contributed by atoms with Gasteiger partial charge in [0.1, 0.15) is 71.2 Å². The maximum atomic E-state index is 15.8. The molecule has 0 unspecified atom stereocenters. The minimum atomic E-state index is -2.09. The highest BCUT2D eigenvalue weighted by Crippen LogP contribution is 2.49. The molecule has 5 aliphatic rings. The maximum Gasteiger partial charge on any atom is 0.333 e. The van der Waals surface area contributed by atoms with Crippen LogP contribution in [0.5, 0.6) is 46.0 Å². The van der Waals surface area contributed by atoms with Crippen LogP contribution >= 0.6 is 11.6 Å². The van der Waals surface area contributed by atoms with E-state index in [1.165, 1.54) is 108 Å². The van der Waals surface area contributed by atoms with Crippen molar-refractivity contribution in [3.8, 4) is 57.1 Å². The number of nitrogens with two attached hydrogens (primary N) is 1. The van der Waals surface area contributed by atoms with Crippen molar-refractivity contribution in [2.75, 3.05) is 42.6 Å². The SMILES string of the molecule is CN[C@H](CC(C)C)C(=O)N[C@H]1C(=O)N[C@@H](CC(N)=O)C(=O)N[C@H]2C(=O)N[C@H]3C(=O)N[C@H](C(=O)N[C@H](C(=O)OC)c4cc(OC)cc(OC)c4-c4cc3ccc4OC)[C@H](O)c3ccc(c(Cl)c3)Oc3cc2cc(c3OC)Oc2ccc(cc2N=[N+]=[N-])[C@H]1O. The molecule has 5 heterocycles. The molecule has 11 N–H and O–H groups in total. The number of nitrogens with one attached hydrogen (secondary N) is 7. The predicted molar refractivity (Wildman–Crippen MR) is 308 cm³/mol. The van der Waals surface area contributed by atoms with Gasteiger partial charge in [-0.2, -0.15) is 0 Å². The number of hydrogen-bond donors (Lipinski definition) is 10. The van der Waals surface area contributed by atoms with Crippen molar-refractivity contribution >= 4 is 64.6 Å². The van der Waals surface area contributed by atoms with Crippen molar-refractivity contribution < 1.29 is 81.7 Å².